The van der Waals surface area contributed by atoms with Crippen LogP contribution in [-0.2, 0) is 11.2 Å². The molecule has 0 aliphatic carbocycles. The predicted molar refractivity (Wildman–Crippen MR) is 86.7 cm³/mol. The molecule has 0 radical (unpaired) electrons. The van der Waals surface area contributed by atoms with E-state index in [1.54, 1.807) is 0 Å². The molecule has 2 aromatic rings. The minimum Gasteiger partial charge on any atom is -0.378 e. The van der Waals surface area contributed by atoms with E-state index in [1.807, 2.05) is 31.2 Å². The van der Waals surface area contributed by atoms with Crippen molar-refractivity contribution in [3.8, 4) is 0 Å². The lowest BCUT2D eigenvalue weighted by atomic mass is 10.3. The lowest BCUT2D eigenvalue weighted by molar-refractivity contribution is 0.122. The second-order valence-electron chi connectivity index (χ2n) is 5.29. The van der Waals surface area contributed by atoms with E-state index in [9.17, 15) is 0 Å². The van der Waals surface area contributed by atoms with E-state index in [0.717, 1.165) is 61.7 Å². The Bertz CT molecular complexity index is 640. The van der Waals surface area contributed by atoms with Crippen LogP contribution in [0.4, 0.5) is 17.6 Å². The monoisotopic (exact) mass is 299 g/mol. The molecule has 22 heavy (non-hydrogen) atoms. The number of aryl methyl sites for hydroxylation is 2. The number of aromatic nitrogens is 3. The van der Waals surface area contributed by atoms with Crippen LogP contribution in [0.5, 0.6) is 0 Å². The van der Waals surface area contributed by atoms with Crippen LogP contribution in [0.2, 0.25) is 0 Å². The minimum atomic E-state index is 0.724. The number of nitrogens with zero attached hydrogens (tertiary/aromatic N) is 4. The van der Waals surface area contributed by atoms with Crippen molar-refractivity contribution in [1.82, 2.24) is 15.0 Å². The van der Waals surface area contributed by atoms with Gasteiger partial charge < -0.3 is 15.0 Å². The van der Waals surface area contributed by atoms with Crippen molar-refractivity contribution in [3.05, 3.63) is 35.7 Å². The molecule has 1 N–H and O–H groups in total. The number of hydrogen-bond acceptors (Lipinski definition) is 6. The summed E-state index contributed by atoms with van der Waals surface area (Å²) in [5.41, 5.74) is 2.00. The molecule has 1 saturated heterocycles. The molecule has 0 atom stereocenters. The third-order valence-electron chi connectivity index (χ3n) is 3.57. The zero-order valence-electron chi connectivity index (χ0n) is 13.0. The summed E-state index contributed by atoms with van der Waals surface area (Å²) < 4.78 is 5.39. The van der Waals surface area contributed by atoms with Gasteiger partial charge in [0.15, 0.2) is 0 Å². The van der Waals surface area contributed by atoms with Crippen molar-refractivity contribution in [2.24, 2.45) is 0 Å². The van der Waals surface area contributed by atoms with E-state index in [-0.39, 0.29) is 0 Å². The summed E-state index contributed by atoms with van der Waals surface area (Å²) in [6.45, 7) is 7.18. The molecule has 1 aliphatic heterocycles. The second kappa shape index (κ2) is 6.70. The number of ether oxygens (including phenoxy) is 1. The van der Waals surface area contributed by atoms with E-state index in [2.05, 4.69) is 32.1 Å². The second-order valence-corrected chi connectivity index (χ2v) is 5.29. The Morgan fingerprint density at radius 1 is 1.14 bits per heavy atom. The lowest BCUT2D eigenvalue weighted by Crippen LogP contribution is -2.37. The zero-order chi connectivity index (χ0) is 15.4. The van der Waals surface area contributed by atoms with Crippen LogP contribution in [-0.4, -0.2) is 41.3 Å². The number of nitrogens with one attached hydrogen (secondary N) is 1. The van der Waals surface area contributed by atoms with Gasteiger partial charge in [0.2, 0.25) is 5.95 Å². The third-order valence-corrected chi connectivity index (χ3v) is 3.57. The highest BCUT2D eigenvalue weighted by Gasteiger charge is 2.15. The van der Waals surface area contributed by atoms with Crippen molar-refractivity contribution in [2.75, 3.05) is 36.5 Å². The third kappa shape index (κ3) is 3.51. The molecule has 0 spiro atoms. The predicted octanol–water partition coefficient (Wildman–Crippen LogP) is 2.32. The van der Waals surface area contributed by atoms with Crippen molar-refractivity contribution < 1.29 is 4.74 Å². The van der Waals surface area contributed by atoms with Gasteiger partial charge in [0, 0.05) is 30.5 Å². The van der Waals surface area contributed by atoms with Gasteiger partial charge in [0.25, 0.3) is 0 Å². The Balaban J connectivity index is 1.86. The number of hydrogen-bond donors (Lipinski definition) is 1. The van der Waals surface area contributed by atoms with Crippen LogP contribution in [0.25, 0.3) is 0 Å². The molecule has 0 bridgehead atoms. The molecular formula is C16H21N5O. The van der Waals surface area contributed by atoms with E-state index in [1.165, 1.54) is 0 Å². The molecule has 6 nitrogen and oxygen atoms in total. The van der Waals surface area contributed by atoms with E-state index < -0.39 is 0 Å². The number of anilines is 3. The summed E-state index contributed by atoms with van der Waals surface area (Å²) >= 11 is 0. The van der Waals surface area contributed by atoms with E-state index in [0.29, 0.717) is 0 Å². The van der Waals surface area contributed by atoms with Crippen molar-refractivity contribution in [2.45, 2.75) is 20.3 Å². The topological polar surface area (TPSA) is 63.2 Å². The maximum Gasteiger partial charge on any atom is 0.227 e. The summed E-state index contributed by atoms with van der Waals surface area (Å²) in [5.74, 6) is 2.35. The minimum absolute atomic E-state index is 0.724. The molecule has 0 amide bonds. The van der Waals surface area contributed by atoms with Crippen molar-refractivity contribution >= 4 is 17.6 Å². The lowest BCUT2D eigenvalue weighted by Gasteiger charge is -2.27. The van der Waals surface area contributed by atoms with Crippen molar-refractivity contribution in [3.63, 3.8) is 0 Å². The molecule has 6 heteroatoms. The normalized spacial score (nSPS) is 14.9. The quantitative estimate of drug-likeness (QED) is 0.935. The SMILES string of the molecule is CCc1cc(Nc2cccc(C)n2)nc(N2CCOCC2)n1. The molecule has 3 rings (SSSR count). The fourth-order valence-electron chi connectivity index (χ4n) is 2.38. The summed E-state index contributed by atoms with van der Waals surface area (Å²) in [6.07, 6.45) is 0.871. The Morgan fingerprint density at radius 3 is 2.68 bits per heavy atom. The highest BCUT2D eigenvalue weighted by molar-refractivity contribution is 5.54. The smallest absolute Gasteiger partial charge is 0.227 e. The summed E-state index contributed by atoms with van der Waals surface area (Å²) in [5, 5.41) is 3.28. The highest BCUT2D eigenvalue weighted by Crippen LogP contribution is 2.19. The number of morpholine rings is 1. The first-order valence-corrected chi connectivity index (χ1v) is 7.66. The standard InChI is InChI=1S/C16H21N5O/c1-3-13-11-15(19-14-6-4-5-12(2)17-14)20-16(18-13)21-7-9-22-10-8-21/h4-6,11H,3,7-10H2,1-2H3,(H,17,18,19,20). The van der Waals surface area contributed by atoms with Gasteiger partial charge >= 0.3 is 0 Å². The van der Waals surface area contributed by atoms with Crippen LogP contribution in [0.1, 0.15) is 18.3 Å². The van der Waals surface area contributed by atoms with Gasteiger partial charge in [-0.3, -0.25) is 0 Å². The molecule has 0 saturated carbocycles. The molecule has 1 aliphatic rings. The fourth-order valence-corrected chi connectivity index (χ4v) is 2.38. The van der Waals surface area contributed by atoms with Gasteiger partial charge in [0.1, 0.15) is 11.6 Å². The number of rotatable bonds is 4. The molecule has 0 aromatic carbocycles. The number of pyridine rings is 1. The average Bonchev–Trinajstić information content (AvgIpc) is 2.55. The fraction of sp³-hybridized carbons (Fsp3) is 0.438. The van der Waals surface area contributed by atoms with Crippen LogP contribution >= 0.6 is 0 Å². The van der Waals surface area contributed by atoms with Crippen molar-refractivity contribution in [1.29, 1.82) is 0 Å². The summed E-state index contributed by atoms with van der Waals surface area (Å²) in [7, 11) is 0. The Hall–Kier alpha value is -2.21. The Labute approximate surface area is 130 Å². The first kappa shape index (κ1) is 14.7. The van der Waals surface area contributed by atoms with Gasteiger partial charge in [-0.1, -0.05) is 13.0 Å². The molecule has 3 heterocycles. The molecule has 0 unspecified atom stereocenters. The van der Waals surface area contributed by atoms with E-state index in [4.69, 9.17) is 4.74 Å². The Kier molecular flexibility index (Phi) is 4.48. The largest absolute Gasteiger partial charge is 0.378 e. The van der Waals surface area contributed by atoms with Gasteiger partial charge in [-0.05, 0) is 25.5 Å². The summed E-state index contributed by atoms with van der Waals surface area (Å²) in [4.78, 5) is 15.9. The first-order valence-electron chi connectivity index (χ1n) is 7.66. The maximum absolute atomic E-state index is 5.39. The molecular weight excluding hydrogens is 278 g/mol. The maximum atomic E-state index is 5.39. The molecule has 2 aromatic heterocycles. The zero-order valence-corrected chi connectivity index (χ0v) is 13.0. The Morgan fingerprint density at radius 2 is 1.95 bits per heavy atom. The van der Waals surface area contributed by atoms with Gasteiger partial charge in [0.05, 0.1) is 13.2 Å². The summed E-state index contributed by atoms with van der Waals surface area (Å²) in [6, 6.07) is 7.88. The van der Waals surface area contributed by atoms with Gasteiger partial charge in [-0.2, -0.15) is 4.98 Å². The average molecular weight is 299 g/mol. The van der Waals surface area contributed by atoms with Crippen LogP contribution in [0.3, 0.4) is 0 Å². The van der Waals surface area contributed by atoms with Crippen LogP contribution in [0, 0.1) is 6.92 Å². The van der Waals surface area contributed by atoms with Gasteiger partial charge in [-0.25, -0.2) is 9.97 Å². The first-order chi connectivity index (χ1) is 10.7. The molecule has 116 valence electrons. The van der Waals surface area contributed by atoms with Gasteiger partial charge in [-0.15, -0.1) is 0 Å². The van der Waals surface area contributed by atoms with Crippen LogP contribution < -0.4 is 10.2 Å². The highest BCUT2D eigenvalue weighted by atomic mass is 16.5. The van der Waals surface area contributed by atoms with Crippen LogP contribution in [0.15, 0.2) is 24.3 Å². The molecule has 1 fully saturated rings. The van der Waals surface area contributed by atoms with E-state index >= 15 is 0 Å².